The number of aromatic nitrogens is 1. The number of hydrogen-bond donors (Lipinski definition) is 2. The van der Waals surface area contributed by atoms with Gasteiger partial charge in [0.05, 0.1) is 17.1 Å². The smallest absolute Gasteiger partial charge is 0.261 e. The van der Waals surface area contributed by atoms with Crippen LogP contribution >= 0.6 is 22.7 Å². The van der Waals surface area contributed by atoms with E-state index in [4.69, 9.17) is 0 Å². The maximum atomic E-state index is 12.0. The van der Waals surface area contributed by atoms with Gasteiger partial charge in [-0.1, -0.05) is 18.2 Å². The molecule has 0 radical (unpaired) electrons. The third kappa shape index (κ3) is 4.32. The summed E-state index contributed by atoms with van der Waals surface area (Å²) in [6.45, 7) is 4.04. The number of carbonyl (C=O) groups excluding carboxylic acids is 2. The van der Waals surface area contributed by atoms with Crippen molar-refractivity contribution in [3.05, 3.63) is 57.1 Å². The number of benzene rings is 1. The maximum absolute atomic E-state index is 12.0. The molecule has 0 spiro atoms. The first-order chi connectivity index (χ1) is 12.0. The second-order valence-corrected chi connectivity index (χ2v) is 7.35. The van der Waals surface area contributed by atoms with Crippen LogP contribution in [-0.2, 0) is 4.79 Å². The summed E-state index contributed by atoms with van der Waals surface area (Å²) in [6.07, 6.45) is 0. The van der Waals surface area contributed by atoms with E-state index in [-0.39, 0.29) is 18.4 Å². The lowest BCUT2D eigenvalue weighted by molar-refractivity contribution is -0.115. The molecular formula is C18H17N3O2S2. The fraction of sp³-hybridized carbons (Fsp3) is 0.167. The summed E-state index contributed by atoms with van der Waals surface area (Å²) >= 11 is 2.70. The maximum Gasteiger partial charge on any atom is 0.261 e. The third-order valence-corrected chi connectivity index (χ3v) is 5.33. The van der Waals surface area contributed by atoms with Crippen LogP contribution in [0, 0.1) is 13.8 Å². The quantitative estimate of drug-likeness (QED) is 0.715. The van der Waals surface area contributed by atoms with Gasteiger partial charge in [-0.15, -0.1) is 22.7 Å². The van der Waals surface area contributed by atoms with Crippen LogP contribution in [0.3, 0.4) is 0 Å². The lowest BCUT2D eigenvalue weighted by Crippen LogP contribution is -2.32. The second kappa shape index (κ2) is 7.58. The number of hydrogen-bond acceptors (Lipinski definition) is 5. The Morgan fingerprint density at radius 1 is 1.12 bits per heavy atom. The first kappa shape index (κ1) is 17.3. The summed E-state index contributed by atoms with van der Waals surface area (Å²) in [4.78, 5) is 28.8. The molecule has 128 valence electrons. The van der Waals surface area contributed by atoms with Crippen molar-refractivity contribution in [3.8, 4) is 11.3 Å². The van der Waals surface area contributed by atoms with Crippen molar-refractivity contribution in [2.75, 3.05) is 11.9 Å². The lowest BCUT2D eigenvalue weighted by atomic mass is 10.1. The van der Waals surface area contributed by atoms with E-state index in [0.29, 0.717) is 10.0 Å². The van der Waals surface area contributed by atoms with Gasteiger partial charge in [0.25, 0.3) is 5.91 Å². The van der Waals surface area contributed by atoms with Crippen molar-refractivity contribution in [2.24, 2.45) is 0 Å². The number of aryl methyl sites for hydroxylation is 2. The predicted octanol–water partition coefficient (Wildman–Crippen LogP) is 3.86. The van der Waals surface area contributed by atoms with Gasteiger partial charge in [-0.05, 0) is 42.5 Å². The number of thiophene rings is 1. The monoisotopic (exact) mass is 371 g/mol. The number of anilines is 1. The predicted molar refractivity (Wildman–Crippen MR) is 102 cm³/mol. The van der Waals surface area contributed by atoms with Gasteiger partial charge in [-0.2, -0.15) is 0 Å². The minimum Gasteiger partial charge on any atom is -0.342 e. The highest BCUT2D eigenvalue weighted by molar-refractivity contribution is 7.14. The fourth-order valence-corrected chi connectivity index (χ4v) is 3.56. The van der Waals surface area contributed by atoms with Gasteiger partial charge in [-0.25, -0.2) is 4.98 Å². The molecule has 25 heavy (non-hydrogen) atoms. The molecule has 0 fully saturated rings. The number of amides is 2. The van der Waals surface area contributed by atoms with Crippen molar-refractivity contribution in [2.45, 2.75) is 13.8 Å². The SMILES string of the molecule is Cc1ccc(-c2csc(NC(=O)CNC(=O)c3cccs3)n2)cc1C. The topological polar surface area (TPSA) is 71.1 Å². The Morgan fingerprint density at radius 2 is 1.96 bits per heavy atom. The Kier molecular flexibility index (Phi) is 5.25. The minimum absolute atomic E-state index is 0.0880. The molecule has 0 atom stereocenters. The molecule has 0 aliphatic carbocycles. The zero-order chi connectivity index (χ0) is 17.8. The first-order valence-electron chi connectivity index (χ1n) is 7.67. The molecule has 3 aromatic rings. The van der Waals surface area contributed by atoms with E-state index in [1.807, 2.05) is 16.8 Å². The van der Waals surface area contributed by atoms with Crippen molar-refractivity contribution in [1.29, 1.82) is 0 Å². The average molecular weight is 371 g/mol. The van der Waals surface area contributed by atoms with E-state index in [9.17, 15) is 9.59 Å². The summed E-state index contributed by atoms with van der Waals surface area (Å²) in [6, 6.07) is 9.67. The Balaban J connectivity index is 1.58. The van der Waals surface area contributed by atoms with Crippen LogP contribution in [0.1, 0.15) is 20.8 Å². The number of thiazole rings is 1. The van der Waals surface area contributed by atoms with Crippen molar-refractivity contribution >= 4 is 39.6 Å². The standard InChI is InChI=1S/C18H17N3O2S2/c1-11-5-6-13(8-12(11)2)14-10-25-18(20-14)21-16(22)9-19-17(23)15-4-3-7-24-15/h3-8,10H,9H2,1-2H3,(H,19,23)(H,20,21,22). The number of nitrogens with zero attached hydrogens (tertiary/aromatic N) is 1. The average Bonchev–Trinajstić information content (AvgIpc) is 3.27. The highest BCUT2D eigenvalue weighted by Gasteiger charge is 2.11. The molecule has 2 heterocycles. The summed E-state index contributed by atoms with van der Waals surface area (Å²) in [7, 11) is 0. The summed E-state index contributed by atoms with van der Waals surface area (Å²) in [5.74, 6) is -0.550. The van der Waals surface area contributed by atoms with Crippen LogP contribution in [0.15, 0.2) is 41.1 Å². The van der Waals surface area contributed by atoms with Gasteiger partial charge < -0.3 is 10.6 Å². The summed E-state index contributed by atoms with van der Waals surface area (Å²) in [5, 5.41) is 9.55. The molecule has 0 unspecified atom stereocenters. The molecule has 0 aliphatic heterocycles. The van der Waals surface area contributed by atoms with Crippen LogP contribution in [0.4, 0.5) is 5.13 Å². The van der Waals surface area contributed by atoms with Crippen LogP contribution in [-0.4, -0.2) is 23.3 Å². The van der Waals surface area contributed by atoms with E-state index in [1.165, 1.54) is 33.8 Å². The zero-order valence-corrected chi connectivity index (χ0v) is 15.5. The van der Waals surface area contributed by atoms with E-state index >= 15 is 0 Å². The Bertz CT molecular complexity index is 901. The molecule has 0 bridgehead atoms. The van der Waals surface area contributed by atoms with Crippen LogP contribution in [0.2, 0.25) is 0 Å². The van der Waals surface area contributed by atoms with Crippen LogP contribution in [0.25, 0.3) is 11.3 Å². The van der Waals surface area contributed by atoms with Crippen molar-refractivity contribution < 1.29 is 9.59 Å². The van der Waals surface area contributed by atoms with Crippen molar-refractivity contribution in [1.82, 2.24) is 10.3 Å². The molecule has 2 N–H and O–H groups in total. The molecule has 0 saturated carbocycles. The Morgan fingerprint density at radius 3 is 2.68 bits per heavy atom. The van der Waals surface area contributed by atoms with Crippen molar-refractivity contribution in [3.63, 3.8) is 0 Å². The number of carbonyl (C=O) groups is 2. The molecule has 5 nitrogen and oxygen atoms in total. The van der Waals surface area contributed by atoms with E-state index in [2.05, 4.69) is 41.6 Å². The number of rotatable bonds is 5. The molecule has 2 amide bonds. The largest absolute Gasteiger partial charge is 0.342 e. The lowest BCUT2D eigenvalue weighted by Gasteiger charge is -2.04. The van der Waals surface area contributed by atoms with Crippen LogP contribution < -0.4 is 10.6 Å². The summed E-state index contributed by atoms with van der Waals surface area (Å²) in [5.41, 5.74) is 4.28. The molecule has 2 aromatic heterocycles. The third-order valence-electron chi connectivity index (χ3n) is 3.71. The van der Waals surface area contributed by atoms with Gasteiger partial charge in [-0.3, -0.25) is 9.59 Å². The zero-order valence-electron chi connectivity index (χ0n) is 13.8. The van der Waals surface area contributed by atoms with E-state index in [1.54, 1.807) is 12.1 Å². The van der Waals surface area contributed by atoms with Gasteiger partial charge in [0.1, 0.15) is 0 Å². The number of nitrogens with one attached hydrogen (secondary N) is 2. The van der Waals surface area contributed by atoms with Gasteiger partial charge in [0, 0.05) is 10.9 Å². The molecule has 0 saturated heterocycles. The molecule has 7 heteroatoms. The molecular weight excluding hydrogens is 354 g/mol. The highest BCUT2D eigenvalue weighted by atomic mass is 32.1. The molecule has 1 aromatic carbocycles. The van der Waals surface area contributed by atoms with E-state index < -0.39 is 0 Å². The summed E-state index contributed by atoms with van der Waals surface area (Å²) < 4.78 is 0. The fourth-order valence-electron chi connectivity index (χ4n) is 2.18. The van der Waals surface area contributed by atoms with Crippen LogP contribution in [0.5, 0.6) is 0 Å². The van der Waals surface area contributed by atoms with Gasteiger partial charge >= 0.3 is 0 Å². The van der Waals surface area contributed by atoms with Gasteiger partial charge in [0.15, 0.2) is 5.13 Å². The normalized spacial score (nSPS) is 10.5. The highest BCUT2D eigenvalue weighted by Crippen LogP contribution is 2.26. The van der Waals surface area contributed by atoms with Gasteiger partial charge in [0.2, 0.25) is 5.91 Å². The second-order valence-electron chi connectivity index (χ2n) is 5.55. The Hall–Kier alpha value is -2.51. The minimum atomic E-state index is -0.300. The van der Waals surface area contributed by atoms with E-state index in [0.717, 1.165) is 11.3 Å². The Labute approximate surface area is 153 Å². The first-order valence-corrected chi connectivity index (χ1v) is 9.43. The molecule has 3 rings (SSSR count). The molecule has 0 aliphatic rings.